The molecule has 1 atom stereocenters. The second-order valence-electron chi connectivity index (χ2n) is 5.93. The Hall–Kier alpha value is -1.51. The molecule has 1 aromatic heterocycles. The van der Waals surface area contributed by atoms with Crippen molar-refractivity contribution in [3.8, 4) is 0 Å². The number of carbonyl (C=O) groups excluding carboxylic acids is 2. The second kappa shape index (κ2) is 5.94. The van der Waals surface area contributed by atoms with Gasteiger partial charge in [0.15, 0.2) is 5.01 Å². The highest BCUT2D eigenvalue weighted by molar-refractivity contribution is 7.11. The minimum absolute atomic E-state index is 0.119. The fourth-order valence-electron chi connectivity index (χ4n) is 2.62. The quantitative estimate of drug-likeness (QED) is 0.828. The van der Waals surface area contributed by atoms with Gasteiger partial charge in [0.2, 0.25) is 0 Å². The summed E-state index contributed by atoms with van der Waals surface area (Å²) in [6, 6.07) is 0.222. The Balaban J connectivity index is 1.60. The Morgan fingerprint density at radius 2 is 2.36 bits per heavy atom. The van der Waals surface area contributed by atoms with Gasteiger partial charge in [0.25, 0.3) is 11.8 Å². The lowest BCUT2D eigenvalue weighted by atomic mass is 10.0. The Kier molecular flexibility index (Phi) is 4.16. The van der Waals surface area contributed by atoms with Crippen molar-refractivity contribution >= 4 is 23.2 Å². The number of carbonyl (C=O) groups is 2. The van der Waals surface area contributed by atoms with Gasteiger partial charge < -0.3 is 20.1 Å². The summed E-state index contributed by atoms with van der Waals surface area (Å²) in [7, 11) is 0. The molecule has 8 heteroatoms. The fourth-order valence-corrected chi connectivity index (χ4v) is 3.33. The van der Waals surface area contributed by atoms with Crippen molar-refractivity contribution < 1.29 is 19.4 Å². The normalized spacial score (nSPS) is 23.2. The summed E-state index contributed by atoms with van der Waals surface area (Å²) in [4.78, 5) is 30.3. The number of hydrogen-bond donors (Lipinski definition) is 2. The van der Waals surface area contributed by atoms with Crippen LogP contribution >= 0.6 is 11.3 Å². The zero-order valence-corrected chi connectivity index (χ0v) is 13.2. The van der Waals surface area contributed by atoms with E-state index in [1.54, 1.807) is 10.3 Å². The average Bonchev–Trinajstić information content (AvgIpc) is 3.11. The number of hydrogen-bond acceptors (Lipinski definition) is 6. The third-order valence-electron chi connectivity index (χ3n) is 4.05. The van der Waals surface area contributed by atoms with Crippen LogP contribution in [0.15, 0.2) is 5.38 Å². The van der Waals surface area contributed by atoms with Gasteiger partial charge in [-0.3, -0.25) is 9.59 Å². The first-order valence-electron chi connectivity index (χ1n) is 7.33. The van der Waals surface area contributed by atoms with E-state index in [2.05, 4.69) is 10.3 Å². The summed E-state index contributed by atoms with van der Waals surface area (Å²) < 4.78 is 4.91. The van der Waals surface area contributed by atoms with Crippen LogP contribution in [0.4, 0.5) is 0 Å². The van der Waals surface area contributed by atoms with Crippen molar-refractivity contribution in [2.24, 2.45) is 0 Å². The zero-order valence-electron chi connectivity index (χ0n) is 12.4. The molecule has 2 amide bonds. The van der Waals surface area contributed by atoms with E-state index in [4.69, 9.17) is 4.74 Å². The van der Waals surface area contributed by atoms with Crippen molar-refractivity contribution in [1.82, 2.24) is 15.2 Å². The molecule has 2 aliphatic heterocycles. The summed E-state index contributed by atoms with van der Waals surface area (Å²) in [5, 5.41) is 14.3. The summed E-state index contributed by atoms with van der Waals surface area (Å²) in [5.74, 6) is -0.495. The molecule has 2 fully saturated rings. The molecule has 0 aliphatic carbocycles. The average molecular weight is 325 g/mol. The van der Waals surface area contributed by atoms with Crippen LogP contribution in [-0.4, -0.2) is 64.8 Å². The molecule has 7 nitrogen and oxygen atoms in total. The van der Waals surface area contributed by atoms with E-state index in [1.807, 2.05) is 6.92 Å². The molecular weight excluding hydrogens is 306 g/mol. The predicted octanol–water partition coefficient (Wildman–Crippen LogP) is 0.259. The molecule has 2 saturated heterocycles. The number of aromatic nitrogens is 1. The predicted molar refractivity (Wildman–Crippen MR) is 79.9 cm³/mol. The number of nitrogens with zero attached hydrogens (tertiary/aromatic N) is 2. The van der Waals surface area contributed by atoms with Gasteiger partial charge in [-0.05, 0) is 19.8 Å². The standard InChI is InChI=1S/C14H19N3O4S/c1-9-3-2-4-17(9)13(19)10-5-22-12(16-10)11(18)15-6-14(20)7-21-8-14/h5,9,20H,2-4,6-8H2,1H3,(H,15,18). The Morgan fingerprint density at radius 1 is 1.59 bits per heavy atom. The molecule has 0 bridgehead atoms. The number of amides is 2. The summed E-state index contributed by atoms with van der Waals surface area (Å²) in [6.45, 7) is 3.33. The maximum absolute atomic E-state index is 12.3. The van der Waals surface area contributed by atoms with Crippen molar-refractivity contribution in [2.75, 3.05) is 26.3 Å². The van der Waals surface area contributed by atoms with Gasteiger partial charge >= 0.3 is 0 Å². The summed E-state index contributed by atoms with van der Waals surface area (Å²) in [5.41, 5.74) is -0.661. The van der Waals surface area contributed by atoms with Crippen LogP contribution in [0.3, 0.4) is 0 Å². The van der Waals surface area contributed by atoms with Gasteiger partial charge in [0.05, 0.1) is 19.8 Å². The van der Waals surface area contributed by atoms with Crippen LogP contribution in [0, 0.1) is 0 Å². The summed E-state index contributed by atoms with van der Waals surface area (Å²) >= 11 is 1.14. The van der Waals surface area contributed by atoms with Crippen LogP contribution < -0.4 is 5.32 Å². The van der Waals surface area contributed by atoms with Crippen LogP contribution in [0.25, 0.3) is 0 Å². The number of ether oxygens (including phenoxy) is 1. The molecule has 0 aromatic carbocycles. The fraction of sp³-hybridized carbons (Fsp3) is 0.643. The summed E-state index contributed by atoms with van der Waals surface area (Å²) in [6.07, 6.45) is 2.01. The molecule has 0 radical (unpaired) electrons. The van der Waals surface area contributed by atoms with E-state index < -0.39 is 5.60 Å². The highest BCUT2D eigenvalue weighted by Gasteiger charge is 2.36. The maximum Gasteiger partial charge on any atom is 0.280 e. The molecule has 2 aliphatic rings. The lowest BCUT2D eigenvalue weighted by molar-refractivity contribution is -0.173. The van der Waals surface area contributed by atoms with E-state index in [-0.39, 0.29) is 42.6 Å². The molecule has 3 rings (SSSR count). The third-order valence-corrected chi connectivity index (χ3v) is 4.89. The lowest BCUT2D eigenvalue weighted by Gasteiger charge is -2.36. The Morgan fingerprint density at radius 3 is 2.95 bits per heavy atom. The SMILES string of the molecule is CC1CCCN1C(=O)c1csc(C(=O)NCC2(O)COC2)n1. The number of rotatable bonds is 4. The van der Waals surface area contributed by atoms with E-state index in [9.17, 15) is 14.7 Å². The van der Waals surface area contributed by atoms with Gasteiger partial charge in [0, 0.05) is 18.0 Å². The number of nitrogens with one attached hydrogen (secondary N) is 1. The number of thiazole rings is 1. The molecular formula is C14H19N3O4S. The molecule has 0 spiro atoms. The van der Waals surface area contributed by atoms with Crippen LogP contribution in [-0.2, 0) is 4.74 Å². The molecule has 0 saturated carbocycles. The first-order valence-corrected chi connectivity index (χ1v) is 8.21. The zero-order chi connectivity index (χ0) is 15.7. The van der Waals surface area contributed by atoms with Gasteiger partial charge in [-0.1, -0.05) is 0 Å². The van der Waals surface area contributed by atoms with Crippen molar-refractivity contribution in [3.63, 3.8) is 0 Å². The third kappa shape index (κ3) is 2.99. The molecule has 2 N–H and O–H groups in total. The second-order valence-corrected chi connectivity index (χ2v) is 6.79. The van der Waals surface area contributed by atoms with Crippen molar-refractivity contribution in [2.45, 2.75) is 31.4 Å². The minimum Gasteiger partial charge on any atom is -0.383 e. The molecule has 22 heavy (non-hydrogen) atoms. The van der Waals surface area contributed by atoms with Crippen molar-refractivity contribution in [3.05, 3.63) is 16.1 Å². The van der Waals surface area contributed by atoms with Crippen LogP contribution in [0.5, 0.6) is 0 Å². The maximum atomic E-state index is 12.3. The molecule has 3 heterocycles. The Bertz CT molecular complexity index is 584. The molecule has 120 valence electrons. The number of likely N-dealkylation sites (tertiary alicyclic amines) is 1. The Labute approximate surface area is 132 Å². The van der Waals surface area contributed by atoms with Crippen LogP contribution in [0.1, 0.15) is 40.1 Å². The highest BCUT2D eigenvalue weighted by atomic mass is 32.1. The minimum atomic E-state index is -0.976. The first-order chi connectivity index (χ1) is 10.5. The van der Waals surface area contributed by atoms with E-state index >= 15 is 0 Å². The van der Waals surface area contributed by atoms with E-state index in [0.29, 0.717) is 5.69 Å². The van der Waals surface area contributed by atoms with E-state index in [0.717, 1.165) is 30.7 Å². The highest BCUT2D eigenvalue weighted by Crippen LogP contribution is 2.21. The lowest BCUT2D eigenvalue weighted by Crippen LogP contribution is -2.56. The first kappa shape index (κ1) is 15.4. The topological polar surface area (TPSA) is 91.8 Å². The van der Waals surface area contributed by atoms with Crippen LogP contribution in [0.2, 0.25) is 0 Å². The molecule has 1 aromatic rings. The molecule has 1 unspecified atom stereocenters. The van der Waals surface area contributed by atoms with Crippen molar-refractivity contribution in [1.29, 1.82) is 0 Å². The van der Waals surface area contributed by atoms with E-state index in [1.165, 1.54) is 0 Å². The monoisotopic (exact) mass is 325 g/mol. The largest absolute Gasteiger partial charge is 0.383 e. The number of aliphatic hydroxyl groups is 1. The van der Waals surface area contributed by atoms with Gasteiger partial charge in [-0.25, -0.2) is 4.98 Å². The van der Waals surface area contributed by atoms with Gasteiger partial charge in [0.1, 0.15) is 11.3 Å². The van der Waals surface area contributed by atoms with Gasteiger partial charge in [-0.2, -0.15) is 0 Å². The van der Waals surface area contributed by atoms with Gasteiger partial charge in [-0.15, -0.1) is 11.3 Å². The smallest absolute Gasteiger partial charge is 0.280 e.